The molecule has 5 atom stereocenters. The first-order valence-electron chi connectivity index (χ1n) is 44.8. The van der Waals surface area contributed by atoms with Crippen LogP contribution in [0.25, 0.3) is 0 Å². The summed E-state index contributed by atoms with van der Waals surface area (Å²) in [5, 5.41) is 20.7. The molecule has 0 aromatic heterocycles. The van der Waals surface area contributed by atoms with Gasteiger partial charge in [-0.05, 0) is 141 Å². The third-order valence-corrected chi connectivity index (χ3v) is 20.6. The number of hydrogen-bond acceptors (Lipinski definition) is 14. The topological polar surface area (TPSA) is 231 Å². The number of aliphatic hydroxyl groups excluding tert-OH is 2. The van der Waals surface area contributed by atoms with Gasteiger partial charge >= 0.3 is 33.6 Å². The Hall–Kier alpha value is -4.83. The normalized spacial score (nSPS) is 14.6. The molecular weight excluding hydrogens is 1460 g/mol. The average molecular weight is 1620 g/mol. The van der Waals surface area contributed by atoms with Gasteiger partial charge in [0.1, 0.15) is 25.4 Å². The highest BCUT2D eigenvalue weighted by Gasteiger charge is 2.29. The molecule has 0 bridgehead atoms. The number of phosphoric acid groups is 2. The quantitative estimate of drug-likeness (QED) is 0.0146. The monoisotopic (exact) mass is 1620 g/mol. The molecule has 0 aromatic carbocycles. The second-order valence-corrected chi connectivity index (χ2v) is 32.5. The number of carbonyl (C=O) groups is 3. The van der Waals surface area contributed by atoms with Gasteiger partial charge in [0.25, 0.3) is 0 Å². The predicted molar refractivity (Wildman–Crippen MR) is 472 cm³/mol. The van der Waals surface area contributed by atoms with Crippen LogP contribution < -0.4 is 0 Å². The third-order valence-electron chi connectivity index (χ3n) is 18.7. The van der Waals surface area contributed by atoms with Gasteiger partial charge in [0.15, 0.2) is 6.10 Å². The molecule has 5 unspecified atom stereocenters. The molecule has 0 aliphatic rings. The van der Waals surface area contributed by atoms with Gasteiger partial charge in [0.05, 0.1) is 26.4 Å². The highest BCUT2D eigenvalue weighted by Crippen LogP contribution is 2.45. The maximum Gasteiger partial charge on any atom is 0.472 e. The van der Waals surface area contributed by atoms with Crippen molar-refractivity contribution in [3.05, 3.63) is 158 Å². The van der Waals surface area contributed by atoms with Crippen LogP contribution in [0, 0.1) is 0 Å². The van der Waals surface area contributed by atoms with E-state index in [4.69, 9.17) is 32.3 Å². The van der Waals surface area contributed by atoms with Crippen LogP contribution in [0.1, 0.15) is 367 Å². The summed E-state index contributed by atoms with van der Waals surface area (Å²) >= 11 is 0. The number of hydrogen-bond donors (Lipinski definition) is 4. The summed E-state index contributed by atoms with van der Waals surface area (Å²) in [7, 11) is -9.81. The van der Waals surface area contributed by atoms with Crippen molar-refractivity contribution in [1.82, 2.24) is 0 Å². The molecule has 4 N–H and O–H groups in total. The molecule has 0 fully saturated rings. The fraction of sp³-hybridized carbons (Fsp3) is 0.695. The van der Waals surface area contributed by atoms with Crippen molar-refractivity contribution in [3.8, 4) is 0 Å². The van der Waals surface area contributed by atoms with Crippen LogP contribution in [-0.4, -0.2) is 95.9 Å². The summed E-state index contributed by atoms with van der Waals surface area (Å²) in [4.78, 5) is 58.9. The number of phosphoric ester groups is 2. The molecule has 0 aromatic rings. The van der Waals surface area contributed by atoms with Gasteiger partial charge in [-0.15, -0.1) is 0 Å². The number of allylic oxidation sites excluding steroid dienone is 26. The second kappa shape index (κ2) is 86.5. The van der Waals surface area contributed by atoms with Crippen LogP contribution in [0.15, 0.2) is 158 Å². The number of unbranched alkanes of at least 4 members (excludes halogenated alkanes) is 35. The van der Waals surface area contributed by atoms with Gasteiger partial charge in [0, 0.05) is 19.3 Å². The van der Waals surface area contributed by atoms with Crippen molar-refractivity contribution in [1.29, 1.82) is 0 Å². The van der Waals surface area contributed by atoms with E-state index in [2.05, 4.69) is 179 Å². The van der Waals surface area contributed by atoms with E-state index in [0.29, 0.717) is 19.3 Å². The van der Waals surface area contributed by atoms with Crippen LogP contribution in [0.2, 0.25) is 0 Å². The Morgan fingerprint density at radius 1 is 0.248 bits per heavy atom. The van der Waals surface area contributed by atoms with Gasteiger partial charge < -0.3 is 34.2 Å². The van der Waals surface area contributed by atoms with Crippen LogP contribution >= 0.6 is 15.6 Å². The van der Waals surface area contributed by atoms with Crippen molar-refractivity contribution < 1.29 is 75.8 Å². The first-order chi connectivity index (χ1) is 55.2. The minimum absolute atomic E-state index is 0.0826. The van der Waals surface area contributed by atoms with Crippen molar-refractivity contribution >= 4 is 33.6 Å². The lowest BCUT2D eigenvalue weighted by atomic mass is 10.0. The summed E-state index contributed by atoms with van der Waals surface area (Å²) in [5.41, 5.74) is 0. The Morgan fingerprint density at radius 2 is 0.442 bits per heavy atom. The predicted octanol–water partition coefficient (Wildman–Crippen LogP) is 27.3. The van der Waals surface area contributed by atoms with E-state index >= 15 is 0 Å². The molecule has 18 heteroatoms. The second-order valence-electron chi connectivity index (χ2n) is 29.6. The van der Waals surface area contributed by atoms with Gasteiger partial charge in [0.2, 0.25) is 0 Å². The minimum atomic E-state index is -4.94. The fourth-order valence-electron chi connectivity index (χ4n) is 12.1. The Kier molecular flexibility index (Phi) is 82.8. The standard InChI is InChI=1S/C95H162O16P2/c1-4-7-10-13-16-19-22-25-28-30-32-34-36-38-40-42-43-44-45-47-49-50-52-54-56-58-61-63-66-69-72-75-78-81-93(98)105-84-90(96)85-107-112(101,102)108-86-91(97)87-109-113(103,104)110-89-92(111-95(100)83-80-77-74-71-68-65-60-27-24-21-18-15-12-9-6-3)88-106-94(99)82-79-76-73-70-67-64-62-59-57-55-53-51-48-46-41-39-37-35-33-31-29-26-23-20-17-14-11-8-5-2/h7-12,16-21,25-29,32-35,38-41,60,90-92,96-97H,4-6,13-15,22-24,30-31,36-37,42-59,61-89H2,1-3H3,(H,101,102)(H,103,104)/b10-7-,11-8-,12-9-,19-16-,20-17-,21-18-,28-25-,29-26-,34-32-,35-33-,40-38-,41-39-,60-27-. The highest BCUT2D eigenvalue weighted by molar-refractivity contribution is 7.47. The van der Waals surface area contributed by atoms with Crippen LogP contribution in [0.3, 0.4) is 0 Å². The molecule has 113 heavy (non-hydrogen) atoms. The maximum atomic E-state index is 13.0. The van der Waals surface area contributed by atoms with Gasteiger partial charge in [-0.25, -0.2) is 9.13 Å². The van der Waals surface area contributed by atoms with E-state index in [-0.39, 0.29) is 19.3 Å². The Labute approximate surface area is 689 Å². The number of ether oxygens (including phenoxy) is 3. The minimum Gasteiger partial charge on any atom is -0.463 e. The third kappa shape index (κ3) is 87.8. The molecule has 0 aliphatic carbocycles. The van der Waals surface area contributed by atoms with E-state index in [0.717, 1.165) is 167 Å². The van der Waals surface area contributed by atoms with Crippen LogP contribution in [0.4, 0.5) is 0 Å². The van der Waals surface area contributed by atoms with Gasteiger partial charge in [-0.2, -0.15) is 0 Å². The Balaban J connectivity index is 4.46. The molecular formula is C95H162O16P2. The molecule has 0 saturated carbocycles. The summed E-state index contributed by atoms with van der Waals surface area (Å²) < 4.78 is 61.3. The molecule has 16 nitrogen and oxygen atoms in total. The number of esters is 3. The molecule has 0 heterocycles. The van der Waals surface area contributed by atoms with Crippen molar-refractivity contribution in [3.63, 3.8) is 0 Å². The zero-order valence-corrected chi connectivity index (χ0v) is 73.0. The maximum absolute atomic E-state index is 13.0. The zero-order chi connectivity index (χ0) is 82.2. The van der Waals surface area contributed by atoms with Crippen molar-refractivity contribution in [2.24, 2.45) is 0 Å². The van der Waals surface area contributed by atoms with Gasteiger partial charge in [-0.3, -0.25) is 32.5 Å². The van der Waals surface area contributed by atoms with E-state index in [1.54, 1.807) is 0 Å². The zero-order valence-electron chi connectivity index (χ0n) is 71.3. The number of aliphatic hydroxyl groups is 2. The molecule has 0 radical (unpaired) electrons. The highest BCUT2D eigenvalue weighted by atomic mass is 31.2. The van der Waals surface area contributed by atoms with Crippen LogP contribution in [-0.2, 0) is 55.8 Å². The molecule has 0 aliphatic heterocycles. The van der Waals surface area contributed by atoms with Crippen molar-refractivity contribution in [2.45, 2.75) is 386 Å². The number of rotatable bonds is 84. The van der Waals surface area contributed by atoms with E-state index in [9.17, 15) is 43.5 Å². The van der Waals surface area contributed by atoms with Gasteiger partial charge in [-0.1, -0.05) is 365 Å². The van der Waals surface area contributed by atoms with E-state index in [1.807, 2.05) is 0 Å². The van der Waals surface area contributed by atoms with Crippen molar-refractivity contribution in [2.75, 3.05) is 39.6 Å². The largest absolute Gasteiger partial charge is 0.472 e. The first-order valence-corrected chi connectivity index (χ1v) is 47.8. The summed E-state index contributed by atoms with van der Waals surface area (Å²) in [6, 6.07) is 0. The van der Waals surface area contributed by atoms with E-state index in [1.165, 1.54) is 141 Å². The summed E-state index contributed by atoms with van der Waals surface area (Å²) in [6.07, 6.45) is 110. The smallest absolute Gasteiger partial charge is 0.463 e. The van der Waals surface area contributed by atoms with E-state index < -0.39 is 91.5 Å². The molecule has 648 valence electrons. The lowest BCUT2D eigenvalue weighted by molar-refractivity contribution is -0.161. The summed E-state index contributed by atoms with van der Waals surface area (Å²) in [6.45, 7) is 2.36. The molecule has 0 rings (SSSR count). The SMILES string of the molecule is CC/C=C\C/C=C\C/C=C\C/C=C\C/C=C\CCCCCCCCCCCCCCCCCCCC(=O)OCC(O)COP(=O)(O)OCC(O)COP(=O)(O)OCC(COC(=O)CCCCCCCCCCCCCCC/C=C\C/C=C\C/C=C\C/C=C\C/C=C\CC)OC(=O)CCCCCCC/C=C\C/C=C\C/C=C\CC. The average Bonchev–Trinajstić information content (AvgIpc) is 0.903. The molecule has 0 saturated heterocycles. The van der Waals surface area contributed by atoms with Crippen LogP contribution in [0.5, 0.6) is 0 Å². The molecule has 0 spiro atoms. The molecule has 0 amide bonds. The fourth-order valence-corrected chi connectivity index (χ4v) is 13.6. The summed E-state index contributed by atoms with van der Waals surface area (Å²) in [5.74, 6) is -1.59. The Morgan fingerprint density at radius 3 is 0.699 bits per heavy atom. The lowest BCUT2D eigenvalue weighted by Crippen LogP contribution is -2.30. The first kappa shape index (κ1) is 108. The lowest BCUT2D eigenvalue weighted by Gasteiger charge is -2.21. The Bertz CT molecular complexity index is 2680. The number of carbonyl (C=O) groups excluding carboxylic acids is 3.